The molecular weight excluding hydrogens is 336 g/mol. The first-order valence-corrected chi connectivity index (χ1v) is 9.17. The number of hydrogen-bond donors (Lipinski definition) is 0. The Labute approximate surface area is 155 Å². The molecule has 0 spiro atoms. The van der Waals surface area contributed by atoms with Gasteiger partial charge in [-0.3, -0.25) is 0 Å². The fraction of sp³-hybridized carbons (Fsp3) is 0.550. The van der Waals surface area contributed by atoms with Gasteiger partial charge in [-0.15, -0.1) is 0 Å². The largest absolute Gasteiger partial charge is 0.497 e. The molecule has 0 aliphatic carbocycles. The van der Waals surface area contributed by atoms with Crippen molar-refractivity contribution in [2.45, 2.75) is 25.7 Å². The van der Waals surface area contributed by atoms with Crippen LogP contribution in [0.4, 0.5) is 0 Å². The predicted molar refractivity (Wildman–Crippen MR) is 96.6 cm³/mol. The van der Waals surface area contributed by atoms with Crippen LogP contribution in [0.1, 0.15) is 24.8 Å². The van der Waals surface area contributed by atoms with Crippen LogP contribution >= 0.6 is 0 Å². The smallest absolute Gasteiger partial charge is 0.376 e. The van der Waals surface area contributed by atoms with Crippen molar-refractivity contribution in [1.29, 1.82) is 0 Å². The third-order valence-electron chi connectivity index (χ3n) is 3.68. The van der Waals surface area contributed by atoms with Crippen LogP contribution in [-0.2, 0) is 34.9 Å². The number of carbonyl (C=O) groups is 1. The maximum Gasteiger partial charge on any atom is 0.376 e. The Hall–Kier alpha value is -2.05. The Balaban J connectivity index is 1.78. The first-order chi connectivity index (χ1) is 12.9. The molecule has 144 valence electrons. The van der Waals surface area contributed by atoms with E-state index in [2.05, 4.69) is 0 Å². The van der Waals surface area contributed by atoms with E-state index in [1.165, 1.54) is 6.26 Å². The third-order valence-corrected chi connectivity index (χ3v) is 3.68. The van der Waals surface area contributed by atoms with Gasteiger partial charge in [-0.05, 0) is 12.0 Å². The van der Waals surface area contributed by atoms with Gasteiger partial charge in [-0.2, -0.15) is 0 Å². The summed E-state index contributed by atoms with van der Waals surface area (Å²) in [6.45, 7) is 3.68. The summed E-state index contributed by atoms with van der Waals surface area (Å²) < 4.78 is 27.2. The summed E-state index contributed by atoms with van der Waals surface area (Å²) in [6, 6.07) is 9.87. The number of rotatable bonds is 4. The highest BCUT2D eigenvalue weighted by molar-refractivity contribution is 5.85. The number of carbonyl (C=O) groups excluding carboxylic acids is 1. The molecule has 0 saturated heterocycles. The van der Waals surface area contributed by atoms with E-state index < -0.39 is 5.97 Å². The Morgan fingerprint density at radius 1 is 0.885 bits per heavy atom. The number of benzene rings is 1. The zero-order valence-corrected chi connectivity index (χ0v) is 15.2. The SMILES string of the molecule is O=C(OCCc1ccccc1)/C1=C\OCCCOCCCOCCCO1. The minimum atomic E-state index is -0.512. The highest BCUT2D eigenvalue weighted by Gasteiger charge is 2.14. The maximum atomic E-state index is 12.2. The molecule has 0 unspecified atom stereocenters. The third kappa shape index (κ3) is 8.87. The molecule has 1 aliphatic rings. The molecule has 0 atom stereocenters. The number of esters is 1. The van der Waals surface area contributed by atoms with Crippen molar-refractivity contribution >= 4 is 5.97 Å². The maximum absolute atomic E-state index is 12.2. The molecule has 6 nitrogen and oxygen atoms in total. The van der Waals surface area contributed by atoms with Crippen molar-refractivity contribution in [2.75, 3.05) is 46.2 Å². The van der Waals surface area contributed by atoms with Gasteiger partial charge in [-0.25, -0.2) is 4.79 Å². The van der Waals surface area contributed by atoms with Crippen molar-refractivity contribution in [3.8, 4) is 0 Å². The van der Waals surface area contributed by atoms with E-state index in [9.17, 15) is 4.79 Å². The number of hydrogen-bond acceptors (Lipinski definition) is 6. The van der Waals surface area contributed by atoms with Gasteiger partial charge in [0.25, 0.3) is 0 Å². The molecule has 1 aliphatic heterocycles. The lowest BCUT2D eigenvalue weighted by Gasteiger charge is -2.11. The van der Waals surface area contributed by atoms with Gasteiger partial charge in [0.05, 0.1) is 19.8 Å². The van der Waals surface area contributed by atoms with Gasteiger partial charge >= 0.3 is 5.97 Å². The highest BCUT2D eigenvalue weighted by atomic mass is 16.6. The Kier molecular flexibility index (Phi) is 10.3. The van der Waals surface area contributed by atoms with Crippen molar-refractivity contribution in [2.24, 2.45) is 0 Å². The van der Waals surface area contributed by atoms with E-state index >= 15 is 0 Å². The van der Waals surface area contributed by atoms with E-state index in [4.69, 9.17) is 23.7 Å². The molecule has 0 saturated carbocycles. The summed E-state index contributed by atoms with van der Waals surface area (Å²) >= 11 is 0. The van der Waals surface area contributed by atoms with Gasteiger partial charge in [0.15, 0.2) is 0 Å². The van der Waals surface area contributed by atoms with Gasteiger partial charge in [0.1, 0.15) is 6.26 Å². The van der Waals surface area contributed by atoms with Crippen molar-refractivity contribution in [1.82, 2.24) is 0 Å². The lowest BCUT2D eigenvalue weighted by Crippen LogP contribution is -2.14. The standard InChI is InChI=1S/C20H28O6/c21-20(26-16-9-18-7-2-1-3-8-18)19-17-24-14-5-12-22-10-4-11-23-13-6-15-25-19/h1-3,7-8,17H,4-6,9-16H2/b19-17+. The molecule has 1 aromatic rings. The van der Waals surface area contributed by atoms with E-state index in [1.54, 1.807) is 0 Å². The molecule has 2 rings (SSSR count). The average Bonchev–Trinajstić information content (AvgIpc) is 2.67. The molecule has 0 N–H and O–H groups in total. The van der Waals surface area contributed by atoms with Crippen LogP contribution in [-0.4, -0.2) is 52.2 Å². The molecule has 0 radical (unpaired) electrons. The Morgan fingerprint density at radius 2 is 1.54 bits per heavy atom. The Morgan fingerprint density at radius 3 is 2.27 bits per heavy atom. The summed E-state index contributed by atoms with van der Waals surface area (Å²) in [5.74, 6) is -0.420. The molecule has 1 heterocycles. The van der Waals surface area contributed by atoms with Gasteiger partial charge < -0.3 is 23.7 Å². The molecular formula is C20H28O6. The summed E-state index contributed by atoms with van der Waals surface area (Å²) in [5.41, 5.74) is 1.12. The quantitative estimate of drug-likeness (QED) is 0.766. The van der Waals surface area contributed by atoms with Crippen LogP contribution in [0.3, 0.4) is 0 Å². The first-order valence-electron chi connectivity index (χ1n) is 9.17. The molecule has 0 aromatic heterocycles. The van der Waals surface area contributed by atoms with Crippen LogP contribution in [0.15, 0.2) is 42.4 Å². The second kappa shape index (κ2) is 13.2. The summed E-state index contributed by atoms with van der Waals surface area (Å²) in [7, 11) is 0. The van der Waals surface area contributed by atoms with Crippen molar-refractivity contribution in [3.05, 3.63) is 47.9 Å². The highest BCUT2D eigenvalue weighted by Crippen LogP contribution is 2.06. The van der Waals surface area contributed by atoms with Crippen LogP contribution in [0.5, 0.6) is 0 Å². The predicted octanol–water partition coefficient (Wildman–Crippen LogP) is 2.86. The van der Waals surface area contributed by atoms with E-state index in [0.717, 1.165) is 18.4 Å². The van der Waals surface area contributed by atoms with Crippen molar-refractivity contribution in [3.63, 3.8) is 0 Å². The van der Waals surface area contributed by atoms with Gasteiger partial charge in [0.2, 0.25) is 5.76 Å². The average molecular weight is 364 g/mol. The van der Waals surface area contributed by atoms with Crippen LogP contribution in [0, 0.1) is 0 Å². The zero-order valence-electron chi connectivity index (χ0n) is 15.2. The molecule has 0 amide bonds. The van der Waals surface area contributed by atoms with Crippen molar-refractivity contribution < 1.29 is 28.5 Å². The topological polar surface area (TPSA) is 63.2 Å². The summed E-state index contributed by atoms with van der Waals surface area (Å²) in [5, 5.41) is 0. The van der Waals surface area contributed by atoms with E-state index in [1.807, 2.05) is 30.3 Å². The normalized spacial score (nSPS) is 19.6. The fourth-order valence-electron chi connectivity index (χ4n) is 2.31. The molecule has 0 bridgehead atoms. The monoisotopic (exact) mass is 364 g/mol. The second-order valence-corrected chi connectivity index (χ2v) is 5.86. The Bertz CT molecular complexity index is 528. The first kappa shape index (κ1) is 20.3. The lowest BCUT2D eigenvalue weighted by molar-refractivity contribution is -0.143. The molecule has 26 heavy (non-hydrogen) atoms. The summed E-state index contributed by atoms with van der Waals surface area (Å²) in [6.07, 6.45) is 4.30. The molecule has 0 fully saturated rings. The van der Waals surface area contributed by atoms with E-state index in [0.29, 0.717) is 59.1 Å². The minimum Gasteiger partial charge on any atom is -0.497 e. The lowest BCUT2D eigenvalue weighted by atomic mass is 10.2. The molecule has 1 aromatic carbocycles. The summed E-state index contributed by atoms with van der Waals surface area (Å²) in [4.78, 5) is 12.2. The zero-order chi connectivity index (χ0) is 18.3. The van der Waals surface area contributed by atoms with E-state index in [-0.39, 0.29) is 5.76 Å². The van der Waals surface area contributed by atoms with Gasteiger partial charge in [-0.1, -0.05) is 30.3 Å². The molecule has 6 heteroatoms. The van der Waals surface area contributed by atoms with Gasteiger partial charge in [0, 0.05) is 45.7 Å². The second-order valence-electron chi connectivity index (χ2n) is 5.86. The van der Waals surface area contributed by atoms with Crippen LogP contribution in [0.25, 0.3) is 0 Å². The number of ether oxygens (including phenoxy) is 5. The van der Waals surface area contributed by atoms with Crippen LogP contribution in [0.2, 0.25) is 0 Å². The minimum absolute atomic E-state index is 0.0915. The fourth-order valence-corrected chi connectivity index (χ4v) is 2.31. The van der Waals surface area contributed by atoms with Crippen LogP contribution < -0.4 is 0 Å².